The Hall–Kier alpha value is -1.10. The number of allylic oxidation sites excluding steroid dienone is 1. The average Bonchev–Trinajstić information content (AvgIpc) is 2.91. The van der Waals surface area contributed by atoms with Gasteiger partial charge in [-0.05, 0) is 46.0 Å². The number of esters is 1. The topological polar surface area (TPSA) is 44.1 Å². The Labute approximate surface area is 140 Å². The molecule has 4 nitrogen and oxygen atoms in total. The summed E-state index contributed by atoms with van der Waals surface area (Å²) in [5.74, 6) is 1.41. The van der Waals surface area contributed by atoms with Gasteiger partial charge >= 0.3 is 5.97 Å². The van der Waals surface area contributed by atoms with Gasteiger partial charge in [-0.2, -0.15) is 5.10 Å². The van der Waals surface area contributed by atoms with Crippen molar-refractivity contribution >= 4 is 21.9 Å². The minimum absolute atomic E-state index is 0.145. The minimum atomic E-state index is -0.145. The molecule has 4 rings (SSSR count). The smallest absolute Gasteiger partial charge is 0.307 e. The van der Waals surface area contributed by atoms with Crippen LogP contribution in [0.5, 0.6) is 0 Å². The van der Waals surface area contributed by atoms with Crippen molar-refractivity contribution in [1.82, 2.24) is 9.78 Å². The molecule has 3 aliphatic carbocycles. The van der Waals surface area contributed by atoms with Crippen LogP contribution in [0.2, 0.25) is 0 Å². The van der Waals surface area contributed by atoms with E-state index in [1.165, 1.54) is 18.4 Å². The van der Waals surface area contributed by atoms with Gasteiger partial charge < -0.3 is 4.74 Å². The molecule has 0 N–H and O–H groups in total. The number of hydrogen-bond donors (Lipinski definition) is 0. The van der Waals surface area contributed by atoms with Gasteiger partial charge in [0.05, 0.1) is 30.2 Å². The number of nitrogens with zero attached hydrogens (tertiary/aromatic N) is 2. The van der Waals surface area contributed by atoms with Crippen molar-refractivity contribution in [2.24, 2.45) is 17.3 Å². The zero-order chi connectivity index (χ0) is 15.7. The van der Waals surface area contributed by atoms with Crippen molar-refractivity contribution in [2.45, 2.75) is 46.1 Å². The average molecular weight is 367 g/mol. The number of aromatic nitrogens is 2. The summed E-state index contributed by atoms with van der Waals surface area (Å²) in [6.45, 7) is 5.80. The van der Waals surface area contributed by atoms with E-state index in [1.54, 1.807) is 10.9 Å². The van der Waals surface area contributed by atoms with Gasteiger partial charge in [0.1, 0.15) is 0 Å². The third-order valence-electron chi connectivity index (χ3n) is 5.38. The standard InChI is InChI=1S/C17H23BrN2O2/c1-17(2)13-4-3-12(15(17)9-13)6-8-22-16(21)5-7-20-11-14(18)10-19-20/h3,10-11,13,15H,4-9H2,1-2H3/t13-,15-/m0/s1. The summed E-state index contributed by atoms with van der Waals surface area (Å²) in [5.41, 5.74) is 1.94. The van der Waals surface area contributed by atoms with E-state index in [0.717, 1.165) is 16.8 Å². The molecule has 120 valence electrons. The Morgan fingerprint density at radius 1 is 1.55 bits per heavy atom. The molecule has 0 unspecified atom stereocenters. The zero-order valence-corrected chi connectivity index (χ0v) is 14.8. The first-order valence-corrected chi connectivity index (χ1v) is 8.78. The lowest BCUT2D eigenvalue weighted by molar-refractivity contribution is -0.144. The molecule has 22 heavy (non-hydrogen) atoms. The first kappa shape index (κ1) is 15.8. The lowest BCUT2D eigenvalue weighted by Gasteiger charge is -2.56. The third kappa shape index (κ3) is 3.14. The van der Waals surface area contributed by atoms with Crippen molar-refractivity contribution in [3.63, 3.8) is 0 Å². The number of rotatable bonds is 6. The van der Waals surface area contributed by atoms with Crippen molar-refractivity contribution in [2.75, 3.05) is 6.61 Å². The van der Waals surface area contributed by atoms with Gasteiger partial charge in [-0.25, -0.2) is 0 Å². The summed E-state index contributed by atoms with van der Waals surface area (Å²) in [5, 5.41) is 4.13. The van der Waals surface area contributed by atoms with Crippen LogP contribution in [0.1, 0.15) is 39.5 Å². The molecule has 1 heterocycles. The lowest BCUT2D eigenvalue weighted by atomic mass is 9.48. The highest BCUT2D eigenvalue weighted by Gasteiger charge is 2.50. The molecule has 5 heteroatoms. The maximum atomic E-state index is 11.8. The fourth-order valence-electron chi connectivity index (χ4n) is 3.78. The second kappa shape index (κ2) is 6.19. The van der Waals surface area contributed by atoms with E-state index >= 15 is 0 Å². The predicted molar refractivity (Wildman–Crippen MR) is 88.2 cm³/mol. The molecule has 0 aromatic carbocycles. The molecular formula is C17H23BrN2O2. The van der Waals surface area contributed by atoms with E-state index in [4.69, 9.17) is 4.74 Å². The maximum absolute atomic E-state index is 11.8. The molecule has 0 spiro atoms. The van der Waals surface area contributed by atoms with Gasteiger partial charge in [0, 0.05) is 12.6 Å². The van der Waals surface area contributed by atoms with E-state index in [2.05, 4.69) is 41.0 Å². The van der Waals surface area contributed by atoms with E-state index in [-0.39, 0.29) is 5.97 Å². The van der Waals surface area contributed by atoms with Crippen LogP contribution in [-0.4, -0.2) is 22.4 Å². The Morgan fingerprint density at radius 2 is 2.36 bits per heavy atom. The predicted octanol–water partition coefficient (Wildman–Crippen LogP) is 3.96. The van der Waals surface area contributed by atoms with Crippen LogP contribution in [0.4, 0.5) is 0 Å². The number of carbonyl (C=O) groups excluding carboxylic acids is 1. The number of fused-ring (bicyclic) bond motifs is 1. The lowest BCUT2D eigenvalue weighted by Crippen LogP contribution is -2.48. The highest BCUT2D eigenvalue weighted by atomic mass is 79.9. The van der Waals surface area contributed by atoms with Crippen LogP contribution >= 0.6 is 15.9 Å². The highest BCUT2D eigenvalue weighted by molar-refractivity contribution is 9.10. The number of carbonyl (C=O) groups is 1. The number of ether oxygens (including phenoxy) is 1. The molecule has 1 aromatic rings. The van der Waals surface area contributed by atoms with E-state index < -0.39 is 0 Å². The van der Waals surface area contributed by atoms with Gasteiger partial charge in [-0.15, -0.1) is 0 Å². The van der Waals surface area contributed by atoms with Gasteiger partial charge in [0.2, 0.25) is 0 Å². The van der Waals surface area contributed by atoms with Gasteiger partial charge in [0.25, 0.3) is 0 Å². The number of aryl methyl sites for hydroxylation is 1. The van der Waals surface area contributed by atoms with Crippen LogP contribution in [0, 0.1) is 17.3 Å². The summed E-state index contributed by atoms with van der Waals surface area (Å²) < 4.78 is 8.04. The molecule has 1 fully saturated rings. The van der Waals surface area contributed by atoms with Crippen LogP contribution in [0.15, 0.2) is 28.5 Å². The SMILES string of the molecule is CC1(C)[C@H]2CC=C(CCOC(=O)CCn3cc(Br)cn3)[C@@H]1C2. The summed E-state index contributed by atoms with van der Waals surface area (Å²) >= 11 is 3.34. The summed E-state index contributed by atoms with van der Waals surface area (Å²) in [7, 11) is 0. The third-order valence-corrected chi connectivity index (χ3v) is 5.79. The molecular weight excluding hydrogens is 344 g/mol. The molecule has 0 radical (unpaired) electrons. The highest BCUT2D eigenvalue weighted by Crippen LogP contribution is 2.59. The summed E-state index contributed by atoms with van der Waals surface area (Å²) in [6.07, 6.45) is 9.72. The van der Waals surface area contributed by atoms with E-state index in [9.17, 15) is 4.79 Å². The molecule has 2 bridgehead atoms. The molecule has 2 atom stereocenters. The van der Waals surface area contributed by atoms with Crippen molar-refractivity contribution in [1.29, 1.82) is 0 Å². The van der Waals surface area contributed by atoms with Crippen LogP contribution in [0.25, 0.3) is 0 Å². The second-order valence-corrected chi connectivity index (χ2v) is 7.88. The molecule has 1 saturated carbocycles. The monoisotopic (exact) mass is 366 g/mol. The largest absolute Gasteiger partial charge is 0.465 e. The fraction of sp³-hybridized carbons (Fsp3) is 0.647. The summed E-state index contributed by atoms with van der Waals surface area (Å²) in [4.78, 5) is 11.8. The fourth-order valence-corrected chi connectivity index (χ4v) is 4.11. The van der Waals surface area contributed by atoms with Crippen LogP contribution in [0.3, 0.4) is 0 Å². The van der Waals surface area contributed by atoms with Gasteiger partial charge in [-0.3, -0.25) is 9.48 Å². The number of halogens is 1. The van der Waals surface area contributed by atoms with Gasteiger partial charge in [-0.1, -0.05) is 25.5 Å². The first-order valence-electron chi connectivity index (χ1n) is 7.99. The maximum Gasteiger partial charge on any atom is 0.307 e. The number of hydrogen-bond acceptors (Lipinski definition) is 3. The van der Waals surface area contributed by atoms with Crippen LogP contribution < -0.4 is 0 Å². The molecule has 0 saturated heterocycles. The summed E-state index contributed by atoms with van der Waals surface area (Å²) in [6, 6.07) is 0. The zero-order valence-electron chi connectivity index (χ0n) is 13.2. The van der Waals surface area contributed by atoms with E-state index in [1.807, 2.05) is 6.20 Å². The van der Waals surface area contributed by atoms with Crippen molar-refractivity contribution < 1.29 is 9.53 Å². The van der Waals surface area contributed by atoms with Crippen LogP contribution in [-0.2, 0) is 16.1 Å². The Morgan fingerprint density at radius 3 is 3.00 bits per heavy atom. The molecule has 1 aromatic heterocycles. The first-order chi connectivity index (χ1) is 10.5. The molecule has 0 amide bonds. The van der Waals surface area contributed by atoms with E-state index in [0.29, 0.717) is 30.9 Å². The Bertz CT molecular complexity index is 591. The normalized spacial score (nSPS) is 25.3. The minimum Gasteiger partial charge on any atom is -0.465 e. The Kier molecular flexibility index (Phi) is 4.44. The van der Waals surface area contributed by atoms with Crippen molar-refractivity contribution in [3.05, 3.63) is 28.5 Å². The molecule has 0 aliphatic heterocycles. The quantitative estimate of drug-likeness (QED) is 0.565. The molecule has 3 aliphatic rings. The Balaban J connectivity index is 1.38. The second-order valence-electron chi connectivity index (χ2n) is 6.96. The van der Waals surface area contributed by atoms with Gasteiger partial charge in [0.15, 0.2) is 0 Å². The van der Waals surface area contributed by atoms with Crippen molar-refractivity contribution in [3.8, 4) is 0 Å².